The summed E-state index contributed by atoms with van der Waals surface area (Å²) >= 11 is 0. The van der Waals surface area contributed by atoms with E-state index in [9.17, 15) is 0 Å². The van der Waals surface area contributed by atoms with Crippen LogP contribution < -0.4 is 11.1 Å². The Morgan fingerprint density at radius 3 is 2.18 bits per heavy atom. The number of rotatable bonds is 2. The molecule has 0 saturated carbocycles. The molecule has 0 radical (unpaired) electrons. The maximum absolute atomic E-state index is 6.49. The highest BCUT2D eigenvalue weighted by atomic mass is 14.9. The third-order valence-electron chi connectivity index (χ3n) is 3.96. The van der Waals surface area contributed by atoms with Gasteiger partial charge in [-0.25, -0.2) is 0 Å². The van der Waals surface area contributed by atoms with Gasteiger partial charge in [-0.2, -0.15) is 0 Å². The summed E-state index contributed by atoms with van der Waals surface area (Å²) in [5, 5.41) is 3.40. The lowest BCUT2D eigenvalue weighted by molar-refractivity contribution is 0.321. The Balaban J connectivity index is 2.26. The number of piperidine rings is 1. The standard InChI is InChI=1S/C15H24N2/c1-10-8-11(2)14(12(3)9-10)15(16)13-4-6-17-7-5-13/h8-9,13,15,17H,4-7,16H2,1-3H3/t15-/m1/s1. The third kappa shape index (κ3) is 2.70. The highest BCUT2D eigenvalue weighted by Gasteiger charge is 2.23. The fourth-order valence-electron chi connectivity index (χ4n) is 3.16. The summed E-state index contributed by atoms with van der Waals surface area (Å²) in [5.41, 5.74) is 11.9. The molecule has 0 aliphatic carbocycles. The van der Waals surface area contributed by atoms with E-state index in [1.54, 1.807) is 0 Å². The minimum Gasteiger partial charge on any atom is -0.324 e. The number of nitrogens with two attached hydrogens (primary N) is 1. The molecule has 2 nitrogen and oxygen atoms in total. The molecule has 94 valence electrons. The average molecular weight is 232 g/mol. The zero-order valence-corrected chi connectivity index (χ0v) is 11.2. The van der Waals surface area contributed by atoms with Gasteiger partial charge >= 0.3 is 0 Å². The first kappa shape index (κ1) is 12.6. The minimum atomic E-state index is 0.206. The Labute approximate surface area is 105 Å². The van der Waals surface area contributed by atoms with E-state index in [4.69, 9.17) is 5.73 Å². The summed E-state index contributed by atoms with van der Waals surface area (Å²) in [5.74, 6) is 0.636. The Hall–Kier alpha value is -0.860. The maximum atomic E-state index is 6.49. The van der Waals surface area contributed by atoms with Gasteiger partial charge < -0.3 is 11.1 Å². The largest absolute Gasteiger partial charge is 0.324 e. The van der Waals surface area contributed by atoms with Gasteiger partial charge in [-0.3, -0.25) is 0 Å². The number of hydrogen-bond acceptors (Lipinski definition) is 2. The summed E-state index contributed by atoms with van der Waals surface area (Å²) in [6.07, 6.45) is 2.40. The van der Waals surface area contributed by atoms with E-state index in [0.29, 0.717) is 5.92 Å². The van der Waals surface area contributed by atoms with Gasteiger partial charge in [0.2, 0.25) is 0 Å². The van der Waals surface area contributed by atoms with Crippen molar-refractivity contribution in [1.29, 1.82) is 0 Å². The SMILES string of the molecule is Cc1cc(C)c([C@H](N)C2CCNCC2)c(C)c1. The molecule has 1 atom stereocenters. The average Bonchev–Trinajstić information content (AvgIpc) is 2.28. The van der Waals surface area contributed by atoms with Crippen molar-refractivity contribution >= 4 is 0 Å². The quantitative estimate of drug-likeness (QED) is 0.822. The molecular weight excluding hydrogens is 208 g/mol. The van der Waals surface area contributed by atoms with Crippen molar-refractivity contribution in [2.75, 3.05) is 13.1 Å². The van der Waals surface area contributed by atoms with Gasteiger partial charge in [-0.1, -0.05) is 17.7 Å². The summed E-state index contributed by atoms with van der Waals surface area (Å²) < 4.78 is 0. The maximum Gasteiger partial charge on any atom is 0.0329 e. The summed E-state index contributed by atoms with van der Waals surface area (Å²) in [6.45, 7) is 8.76. The molecule has 17 heavy (non-hydrogen) atoms. The van der Waals surface area contributed by atoms with Gasteiger partial charge in [0.05, 0.1) is 0 Å². The molecule has 0 bridgehead atoms. The first-order valence-electron chi connectivity index (χ1n) is 6.63. The van der Waals surface area contributed by atoms with Gasteiger partial charge in [0, 0.05) is 6.04 Å². The molecule has 1 heterocycles. The Bertz CT molecular complexity index is 369. The number of hydrogen-bond donors (Lipinski definition) is 2. The van der Waals surface area contributed by atoms with Gasteiger partial charge in [0.25, 0.3) is 0 Å². The van der Waals surface area contributed by atoms with Crippen LogP contribution in [0.3, 0.4) is 0 Å². The van der Waals surface area contributed by atoms with E-state index in [2.05, 4.69) is 38.2 Å². The Morgan fingerprint density at radius 2 is 1.65 bits per heavy atom. The van der Waals surface area contributed by atoms with Crippen LogP contribution in [0.4, 0.5) is 0 Å². The monoisotopic (exact) mass is 232 g/mol. The first-order valence-corrected chi connectivity index (χ1v) is 6.63. The topological polar surface area (TPSA) is 38.0 Å². The van der Waals surface area contributed by atoms with Crippen molar-refractivity contribution in [3.05, 3.63) is 34.4 Å². The fraction of sp³-hybridized carbons (Fsp3) is 0.600. The molecule has 2 rings (SSSR count). The van der Waals surface area contributed by atoms with Gasteiger partial charge in [-0.05, 0) is 69.3 Å². The predicted octanol–water partition coefficient (Wildman–Crippen LogP) is 2.61. The van der Waals surface area contributed by atoms with Crippen molar-refractivity contribution in [3.8, 4) is 0 Å². The molecule has 0 unspecified atom stereocenters. The van der Waals surface area contributed by atoms with Gasteiger partial charge in [0.15, 0.2) is 0 Å². The molecule has 3 N–H and O–H groups in total. The van der Waals surface area contributed by atoms with Crippen molar-refractivity contribution < 1.29 is 0 Å². The van der Waals surface area contributed by atoms with Crippen molar-refractivity contribution in [1.82, 2.24) is 5.32 Å². The van der Waals surface area contributed by atoms with Crippen LogP contribution in [0.25, 0.3) is 0 Å². The molecular formula is C15H24N2. The molecule has 1 aliphatic heterocycles. The van der Waals surface area contributed by atoms with E-state index in [1.165, 1.54) is 35.1 Å². The lowest BCUT2D eigenvalue weighted by Gasteiger charge is -2.30. The predicted molar refractivity (Wildman–Crippen MR) is 73.2 cm³/mol. The van der Waals surface area contributed by atoms with E-state index in [0.717, 1.165) is 13.1 Å². The van der Waals surface area contributed by atoms with Crippen LogP contribution in [0.2, 0.25) is 0 Å². The summed E-state index contributed by atoms with van der Waals surface area (Å²) in [6, 6.07) is 4.71. The minimum absolute atomic E-state index is 0.206. The molecule has 1 aromatic rings. The smallest absolute Gasteiger partial charge is 0.0329 e. The zero-order chi connectivity index (χ0) is 12.4. The number of benzene rings is 1. The Morgan fingerprint density at radius 1 is 1.12 bits per heavy atom. The normalized spacial score (nSPS) is 19.3. The van der Waals surface area contributed by atoms with Crippen LogP contribution in [0.5, 0.6) is 0 Å². The molecule has 0 spiro atoms. The van der Waals surface area contributed by atoms with E-state index >= 15 is 0 Å². The molecule has 1 saturated heterocycles. The van der Waals surface area contributed by atoms with Crippen LogP contribution in [-0.4, -0.2) is 13.1 Å². The summed E-state index contributed by atoms with van der Waals surface area (Å²) in [7, 11) is 0. The second-order valence-corrected chi connectivity index (χ2v) is 5.43. The highest BCUT2D eigenvalue weighted by Crippen LogP contribution is 2.31. The molecule has 2 heteroatoms. The first-order chi connectivity index (χ1) is 8.09. The molecule has 1 aliphatic rings. The molecule has 1 aromatic carbocycles. The van der Waals surface area contributed by atoms with Gasteiger partial charge in [0.1, 0.15) is 0 Å². The van der Waals surface area contributed by atoms with Crippen molar-refractivity contribution in [3.63, 3.8) is 0 Å². The van der Waals surface area contributed by atoms with Crippen molar-refractivity contribution in [2.24, 2.45) is 11.7 Å². The van der Waals surface area contributed by atoms with E-state index in [1.807, 2.05) is 0 Å². The summed E-state index contributed by atoms with van der Waals surface area (Å²) in [4.78, 5) is 0. The Kier molecular flexibility index (Phi) is 3.85. The van der Waals surface area contributed by atoms with E-state index in [-0.39, 0.29) is 6.04 Å². The van der Waals surface area contributed by atoms with Crippen LogP contribution in [0, 0.1) is 26.7 Å². The lowest BCUT2D eigenvalue weighted by Crippen LogP contribution is -2.34. The van der Waals surface area contributed by atoms with Crippen LogP contribution in [0.1, 0.15) is 41.1 Å². The molecule has 1 fully saturated rings. The van der Waals surface area contributed by atoms with Crippen LogP contribution in [-0.2, 0) is 0 Å². The third-order valence-corrected chi connectivity index (χ3v) is 3.96. The van der Waals surface area contributed by atoms with Gasteiger partial charge in [-0.15, -0.1) is 0 Å². The van der Waals surface area contributed by atoms with Crippen molar-refractivity contribution in [2.45, 2.75) is 39.7 Å². The number of aryl methyl sites for hydroxylation is 3. The zero-order valence-electron chi connectivity index (χ0n) is 11.2. The number of nitrogens with one attached hydrogen (secondary N) is 1. The second kappa shape index (κ2) is 5.19. The highest BCUT2D eigenvalue weighted by molar-refractivity contribution is 5.39. The fourth-order valence-corrected chi connectivity index (χ4v) is 3.16. The van der Waals surface area contributed by atoms with E-state index < -0.39 is 0 Å². The molecule has 0 amide bonds. The lowest BCUT2D eigenvalue weighted by atomic mass is 9.82. The van der Waals surface area contributed by atoms with Crippen LogP contribution in [0.15, 0.2) is 12.1 Å². The second-order valence-electron chi connectivity index (χ2n) is 5.43. The molecule has 0 aromatic heterocycles. The van der Waals surface area contributed by atoms with Crippen LogP contribution >= 0.6 is 0 Å².